The predicted octanol–water partition coefficient (Wildman–Crippen LogP) is 4.35. The van der Waals surface area contributed by atoms with Crippen LogP contribution in [0.1, 0.15) is 27.2 Å². The van der Waals surface area contributed by atoms with Crippen LogP contribution in [0.4, 0.5) is 5.69 Å². The number of aliphatic imine (C=N–C) groups is 1. The Kier molecular flexibility index (Phi) is 6.12. The summed E-state index contributed by atoms with van der Waals surface area (Å²) in [6.45, 7) is 0.945. The maximum absolute atomic E-state index is 12.8. The zero-order chi connectivity index (χ0) is 22.5. The Bertz CT molecular complexity index is 1310. The molecule has 1 amide bonds. The third-order valence-electron chi connectivity index (χ3n) is 5.21. The summed E-state index contributed by atoms with van der Waals surface area (Å²) in [6, 6.07) is 23.6. The van der Waals surface area contributed by atoms with Gasteiger partial charge in [-0.3, -0.25) is 14.8 Å². The first-order valence-corrected chi connectivity index (χ1v) is 11.4. The second-order valence-electron chi connectivity index (χ2n) is 7.53. The number of fused-ring (bicyclic) bond motifs is 2. The van der Waals surface area contributed by atoms with Crippen molar-refractivity contribution in [3.63, 3.8) is 0 Å². The van der Waals surface area contributed by atoms with E-state index in [2.05, 4.69) is 32.7 Å². The van der Waals surface area contributed by atoms with Gasteiger partial charge in [0.15, 0.2) is 11.9 Å². The van der Waals surface area contributed by atoms with E-state index in [0.29, 0.717) is 18.7 Å². The van der Waals surface area contributed by atoms with Crippen molar-refractivity contribution in [1.82, 2.24) is 10.3 Å². The Hall–Kier alpha value is -3.97. The van der Waals surface area contributed by atoms with Crippen LogP contribution in [0.5, 0.6) is 0 Å². The Morgan fingerprint density at radius 3 is 2.79 bits per heavy atom. The number of pyridine rings is 2. The molecule has 1 aliphatic rings. The van der Waals surface area contributed by atoms with Crippen LogP contribution >= 0.6 is 11.8 Å². The highest BCUT2D eigenvalue weighted by molar-refractivity contribution is 7.99. The Balaban J connectivity index is 1.42. The monoisotopic (exact) mass is 452 g/mol. The summed E-state index contributed by atoms with van der Waals surface area (Å²) in [5, 5.41) is 6.45. The van der Waals surface area contributed by atoms with E-state index in [9.17, 15) is 4.79 Å². The quantitative estimate of drug-likeness (QED) is 0.472. The average molecular weight is 453 g/mol. The van der Waals surface area contributed by atoms with Crippen molar-refractivity contribution < 1.29 is 9.78 Å². The third kappa shape index (κ3) is 4.94. The van der Waals surface area contributed by atoms with Gasteiger partial charge in [-0.05, 0) is 35.9 Å². The van der Waals surface area contributed by atoms with Gasteiger partial charge in [-0.1, -0.05) is 42.1 Å². The lowest BCUT2D eigenvalue weighted by Crippen LogP contribution is -2.26. The van der Waals surface area contributed by atoms with Crippen molar-refractivity contribution in [1.29, 1.82) is 0 Å². The van der Waals surface area contributed by atoms with Crippen molar-refractivity contribution >= 4 is 29.2 Å². The van der Waals surface area contributed by atoms with Gasteiger partial charge in [0.25, 0.3) is 5.91 Å². The zero-order valence-corrected chi connectivity index (χ0v) is 18.6. The molecule has 0 atom stereocenters. The second kappa shape index (κ2) is 9.67. The van der Waals surface area contributed by atoms with Crippen LogP contribution in [-0.2, 0) is 13.1 Å². The molecule has 0 saturated heterocycles. The van der Waals surface area contributed by atoms with Gasteiger partial charge in [-0.2, -0.15) is 0 Å². The molecule has 4 aromatic rings. The second-order valence-corrected chi connectivity index (χ2v) is 8.61. The van der Waals surface area contributed by atoms with Gasteiger partial charge < -0.3 is 10.6 Å². The summed E-state index contributed by atoms with van der Waals surface area (Å²) in [7, 11) is 0. The molecule has 2 aromatic heterocycles. The summed E-state index contributed by atoms with van der Waals surface area (Å²) in [4.78, 5) is 27.1. The number of aromatic amines is 1. The molecule has 0 radical (unpaired) electrons. The highest BCUT2D eigenvalue weighted by Gasteiger charge is 2.20. The minimum Gasteiger partial charge on any atom is -0.342 e. The molecule has 0 saturated carbocycles. The molecule has 0 bridgehead atoms. The van der Waals surface area contributed by atoms with Crippen molar-refractivity contribution in [3.8, 4) is 0 Å². The highest BCUT2D eigenvalue weighted by Crippen LogP contribution is 2.39. The molecule has 0 unspecified atom stereocenters. The zero-order valence-electron chi connectivity index (χ0n) is 17.8. The van der Waals surface area contributed by atoms with Crippen LogP contribution in [0.15, 0.2) is 106 Å². The van der Waals surface area contributed by atoms with Gasteiger partial charge in [0.2, 0.25) is 0 Å². The number of anilines is 1. The number of hydrogen-bond donors (Lipinski definition) is 2. The average Bonchev–Trinajstić information content (AvgIpc) is 3.03. The van der Waals surface area contributed by atoms with E-state index in [1.807, 2.05) is 73.1 Å². The number of amidine groups is 1. The summed E-state index contributed by atoms with van der Waals surface area (Å²) in [5.41, 5.74) is 4.46. The number of nitrogens with one attached hydrogen (secondary N) is 3. The van der Waals surface area contributed by atoms with Crippen molar-refractivity contribution in [2.24, 2.45) is 4.99 Å². The molecule has 33 heavy (non-hydrogen) atoms. The number of H-pyrrole nitrogens is 1. The van der Waals surface area contributed by atoms with Gasteiger partial charge in [-0.15, -0.1) is 0 Å². The molecule has 0 spiro atoms. The van der Waals surface area contributed by atoms with E-state index in [1.54, 1.807) is 18.0 Å². The topological polar surface area (TPSA) is 80.5 Å². The number of carbonyl (C=O) groups is 1. The summed E-state index contributed by atoms with van der Waals surface area (Å²) >= 11 is 1.67. The first kappa shape index (κ1) is 20.9. The maximum Gasteiger partial charge on any atom is 0.251 e. The molecule has 2 aromatic carbocycles. The van der Waals surface area contributed by atoms with Gasteiger partial charge in [-0.25, -0.2) is 4.98 Å². The van der Waals surface area contributed by atoms with Crippen molar-refractivity contribution in [2.75, 3.05) is 5.32 Å². The lowest BCUT2D eigenvalue weighted by atomic mass is 10.1. The fourth-order valence-electron chi connectivity index (χ4n) is 3.53. The van der Waals surface area contributed by atoms with Crippen LogP contribution in [0.3, 0.4) is 0 Å². The third-order valence-corrected chi connectivity index (χ3v) is 6.36. The van der Waals surface area contributed by atoms with E-state index in [0.717, 1.165) is 38.1 Å². The van der Waals surface area contributed by atoms with Gasteiger partial charge >= 0.3 is 0 Å². The summed E-state index contributed by atoms with van der Waals surface area (Å²) in [5.74, 6) is 0.648. The fraction of sp³-hybridized carbons (Fsp3) is 0.0769. The number of hydrogen-bond acceptors (Lipinski definition) is 4. The molecule has 7 heteroatoms. The van der Waals surface area contributed by atoms with E-state index < -0.39 is 0 Å². The fourth-order valence-corrected chi connectivity index (χ4v) is 4.54. The number of nitrogens with zero attached hydrogens (tertiary/aromatic N) is 2. The Labute approximate surface area is 196 Å². The van der Waals surface area contributed by atoms with Crippen LogP contribution in [-0.4, -0.2) is 16.7 Å². The van der Waals surface area contributed by atoms with E-state index >= 15 is 0 Å². The lowest BCUT2D eigenvalue weighted by Gasteiger charge is -2.11. The van der Waals surface area contributed by atoms with Crippen molar-refractivity contribution in [2.45, 2.75) is 22.9 Å². The summed E-state index contributed by atoms with van der Waals surface area (Å²) < 4.78 is 0. The Morgan fingerprint density at radius 2 is 1.94 bits per heavy atom. The standard InChI is InChI=1S/C26H21N5OS/c32-26(30-17-20-7-3-4-13-28-20)19-10-11-24-22(14-19)31-25(21-8-1-2-9-23(21)33-24)29-16-18-6-5-12-27-15-18/h1-15H,16-17H2,(H,29,31)(H,30,32)/p+1. The van der Waals surface area contributed by atoms with Gasteiger partial charge in [0.05, 0.1) is 12.2 Å². The van der Waals surface area contributed by atoms with Crippen LogP contribution in [0, 0.1) is 0 Å². The largest absolute Gasteiger partial charge is 0.342 e. The molecular weight excluding hydrogens is 430 g/mol. The smallest absolute Gasteiger partial charge is 0.251 e. The van der Waals surface area contributed by atoms with Crippen LogP contribution in [0.25, 0.3) is 0 Å². The number of aromatic nitrogens is 2. The Morgan fingerprint density at radius 1 is 1.03 bits per heavy atom. The number of rotatable bonds is 5. The van der Waals surface area contributed by atoms with Crippen molar-refractivity contribution in [3.05, 3.63) is 114 Å². The number of carbonyl (C=O) groups excluding carboxylic acids is 1. The molecule has 5 rings (SSSR count). The first-order valence-electron chi connectivity index (χ1n) is 10.6. The molecule has 1 aliphatic heterocycles. The molecule has 0 fully saturated rings. The molecule has 3 heterocycles. The molecule has 162 valence electrons. The van der Waals surface area contributed by atoms with Crippen LogP contribution < -0.4 is 15.6 Å². The summed E-state index contributed by atoms with van der Waals surface area (Å²) in [6.07, 6.45) is 5.42. The maximum atomic E-state index is 12.8. The molecular formula is C26H22N5OS+. The highest BCUT2D eigenvalue weighted by atomic mass is 32.2. The van der Waals surface area contributed by atoms with E-state index in [4.69, 9.17) is 4.99 Å². The minimum atomic E-state index is -0.127. The molecule has 0 aliphatic carbocycles. The SMILES string of the molecule is O=C(NCc1cccc[nH+]1)c1ccc2c(c1)NC(=NCc1cccnc1)c1ccccc1S2. The van der Waals surface area contributed by atoms with Crippen LogP contribution in [0.2, 0.25) is 0 Å². The van der Waals surface area contributed by atoms with E-state index in [1.165, 1.54) is 0 Å². The van der Waals surface area contributed by atoms with Gasteiger partial charge in [0.1, 0.15) is 12.4 Å². The normalized spacial score (nSPS) is 13.4. The predicted molar refractivity (Wildman–Crippen MR) is 129 cm³/mol. The minimum absolute atomic E-state index is 0.127. The molecule has 6 nitrogen and oxygen atoms in total. The molecule has 3 N–H and O–H groups in total. The first-order chi connectivity index (χ1) is 16.3. The van der Waals surface area contributed by atoms with Gasteiger partial charge in [0, 0.05) is 45.4 Å². The van der Waals surface area contributed by atoms with E-state index in [-0.39, 0.29) is 5.91 Å². The lowest BCUT2D eigenvalue weighted by molar-refractivity contribution is -0.390. The number of amides is 1. The number of benzene rings is 2.